The quantitative estimate of drug-likeness (QED) is 0.670. The first-order valence-electron chi connectivity index (χ1n) is 11.2. The van der Waals surface area contributed by atoms with Crippen molar-refractivity contribution in [1.29, 1.82) is 0 Å². The second kappa shape index (κ2) is 10.8. The maximum atomic E-state index is 12.7. The zero-order valence-electron chi connectivity index (χ0n) is 18.5. The van der Waals surface area contributed by atoms with Crippen LogP contribution in [0.2, 0.25) is 0 Å². The molecule has 1 aliphatic heterocycles. The van der Waals surface area contributed by atoms with Crippen LogP contribution in [0, 0.1) is 5.92 Å². The molecule has 0 spiro atoms. The minimum atomic E-state index is -0.505. The number of amides is 3. The number of hydrogen-bond acceptors (Lipinski definition) is 5. The number of aliphatic imine (C=N–C) groups is 1. The van der Waals surface area contributed by atoms with Gasteiger partial charge in [-0.1, -0.05) is 37.6 Å². The molecule has 2 N–H and O–H groups in total. The highest BCUT2D eigenvalue weighted by atomic mass is 32.2. The van der Waals surface area contributed by atoms with E-state index in [4.69, 9.17) is 0 Å². The second-order valence-electron chi connectivity index (χ2n) is 8.19. The standard InChI is InChI=1S/C23H32N4O3S/c1-4-27(5-2)23-26-22(30)19(31-23)14-20(28)24-17-11-8-10-16(13-17)21(29)25-18-12-7-6-9-15(18)3/h8,10-11,13,15,18-19H,4-7,9,12,14H2,1-3H3,(H,24,28)(H,25,29). The van der Waals surface area contributed by atoms with Crippen molar-refractivity contribution >= 4 is 40.3 Å². The van der Waals surface area contributed by atoms with Gasteiger partial charge in [-0.05, 0) is 50.8 Å². The molecule has 1 aliphatic carbocycles. The van der Waals surface area contributed by atoms with Crippen molar-refractivity contribution in [3.8, 4) is 0 Å². The molecule has 3 atom stereocenters. The summed E-state index contributed by atoms with van der Waals surface area (Å²) >= 11 is 1.34. The summed E-state index contributed by atoms with van der Waals surface area (Å²) in [5, 5.41) is 6.14. The highest BCUT2D eigenvalue weighted by Gasteiger charge is 2.32. The maximum absolute atomic E-state index is 12.7. The second-order valence-corrected chi connectivity index (χ2v) is 9.36. The van der Waals surface area contributed by atoms with Gasteiger partial charge in [-0.2, -0.15) is 4.99 Å². The lowest BCUT2D eigenvalue weighted by Gasteiger charge is -2.29. The molecule has 3 rings (SSSR count). The maximum Gasteiger partial charge on any atom is 0.262 e. The van der Waals surface area contributed by atoms with Crippen molar-refractivity contribution in [2.45, 2.75) is 64.2 Å². The van der Waals surface area contributed by atoms with Gasteiger partial charge in [0.15, 0.2) is 5.17 Å². The Morgan fingerprint density at radius 1 is 1.19 bits per heavy atom. The lowest BCUT2D eigenvalue weighted by Crippen LogP contribution is -2.41. The molecule has 1 fully saturated rings. The number of hydrogen-bond donors (Lipinski definition) is 2. The van der Waals surface area contributed by atoms with E-state index in [0.717, 1.165) is 32.4 Å². The van der Waals surface area contributed by atoms with Gasteiger partial charge >= 0.3 is 0 Å². The van der Waals surface area contributed by atoms with Crippen molar-refractivity contribution in [2.24, 2.45) is 10.9 Å². The third kappa shape index (κ3) is 6.09. The molecular weight excluding hydrogens is 412 g/mol. The highest BCUT2D eigenvalue weighted by Crippen LogP contribution is 2.28. The summed E-state index contributed by atoms with van der Waals surface area (Å²) < 4.78 is 0. The number of amidine groups is 1. The largest absolute Gasteiger partial charge is 0.352 e. The van der Waals surface area contributed by atoms with Crippen LogP contribution >= 0.6 is 11.8 Å². The summed E-state index contributed by atoms with van der Waals surface area (Å²) in [5.41, 5.74) is 1.07. The molecule has 0 aromatic heterocycles. The summed E-state index contributed by atoms with van der Waals surface area (Å²) in [6, 6.07) is 7.14. The van der Waals surface area contributed by atoms with E-state index >= 15 is 0 Å². The summed E-state index contributed by atoms with van der Waals surface area (Å²) in [5.74, 6) is -0.170. The van der Waals surface area contributed by atoms with Crippen molar-refractivity contribution in [3.05, 3.63) is 29.8 Å². The van der Waals surface area contributed by atoms with Crippen molar-refractivity contribution in [1.82, 2.24) is 10.2 Å². The Hall–Kier alpha value is -2.35. The lowest BCUT2D eigenvalue weighted by atomic mass is 9.86. The van der Waals surface area contributed by atoms with Crippen LogP contribution in [0.1, 0.15) is 63.2 Å². The van der Waals surface area contributed by atoms with Crippen LogP contribution in [0.3, 0.4) is 0 Å². The van der Waals surface area contributed by atoms with E-state index in [1.54, 1.807) is 24.3 Å². The van der Waals surface area contributed by atoms with E-state index in [1.165, 1.54) is 18.2 Å². The van der Waals surface area contributed by atoms with Gasteiger partial charge in [0.2, 0.25) is 5.91 Å². The van der Waals surface area contributed by atoms with E-state index in [9.17, 15) is 14.4 Å². The number of nitrogens with one attached hydrogen (secondary N) is 2. The average Bonchev–Trinajstić information content (AvgIpc) is 3.10. The molecule has 1 heterocycles. The predicted octanol–water partition coefficient (Wildman–Crippen LogP) is 3.66. The molecule has 168 valence electrons. The number of thioether (sulfide) groups is 1. The van der Waals surface area contributed by atoms with Gasteiger partial charge in [0, 0.05) is 36.8 Å². The normalized spacial score (nSPS) is 23.3. The van der Waals surface area contributed by atoms with Crippen molar-refractivity contribution in [3.63, 3.8) is 0 Å². The molecule has 0 bridgehead atoms. The van der Waals surface area contributed by atoms with E-state index in [1.807, 2.05) is 18.7 Å². The number of anilines is 1. The number of carbonyl (C=O) groups excluding carboxylic acids is 3. The van der Waals surface area contributed by atoms with Crippen LogP contribution in [0.5, 0.6) is 0 Å². The monoisotopic (exact) mass is 444 g/mol. The smallest absolute Gasteiger partial charge is 0.262 e. The Balaban J connectivity index is 1.55. The van der Waals surface area contributed by atoms with Crippen LogP contribution in [0.25, 0.3) is 0 Å². The average molecular weight is 445 g/mol. The molecule has 3 amide bonds. The Labute approximate surface area is 188 Å². The van der Waals surface area contributed by atoms with Crippen LogP contribution in [0.15, 0.2) is 29.3 Å². The first kappa shape index (κ1) is 23.3. The zero-order chi connectivity index (χ0) is 22.4. The molecule has 1 aromatic carbocycles. The molecule has 3 unspecified atom stereocenters. The Morgan fingerprint density at radius 3 is 2.65 bits per heavy atom. The number of carbonyl (C=O) groups is 3. The fourth-order valence-electron chi connectivity index (χ4n) is 4.04. The van der Waals surface area contributed by atoms with Crippen LogP contribution in [0.4, 0.5) is 5.69 Å². The van der Waals surface area contributed by atoms with E-state index < -0.39 is 5.25 Å². The Kier molecular flexibility index (Phi) is 8.12. The minimum absolute atomic E-state index is 0.0494. The van der Waals surface area contributed by atoms with Crippen molar-refractivity contribution in [2.75, 3.05) is 18.4 Å². The SMILES string of the molecule is CCN(CC)C1=NC(=O)C(CC(=O)Nc2cccc(C(=O)NC3CCCCC3C)c2)S1. The molecule has 7 nitrogen and oxygen atoms in total. The number of nitrogens with zero attached hydrogens (tertiary/aromatic N) is 2. The summed E-state index contributed by atoms with van der Waals surface area (Å²) in [6.45, 7) is 7.73. The summed E-state index contributed by atoms with van der Waals surface area (Å²) in [7, 11) is 0. The molecule has 0 saturated heterocycles. The molecular formula is C23H32N4O3S. The molecule has 31 heavy (non-hydrogen) atoms. The first-order chi connectivity index (χ1) is 14.9. The van der Waals surface area contributed by atoms with Gasteiger partial charge in [-0.15, -0.1) is 0 Å². The Morgan fingerprint density at radius 2 is 1.94 bits per heavy atom. The van der Waals surface area contributed by atoms with Gasteiger partial charge in [0.1, 0.15) is 5.25 Å². The van der Waals surface area contributed by atoms with Gasteiger partial charge < -0.3 is 15.5 Å². The number of benzene rings is 1. The summed E-state index contributed by atoms with van der Waals surface area (Å²) in [4.78, 5) is 43.5. The molecule has 0 radical (unpaired) electrons. The molecule has 1 aromatic rings. The number of rotatable bonds is 7. The topological polar surface area (TPSA) is 90.9 Å². The van der Waals surface area contributed by atoms with Crippen LogP contribution in [-0.4, -0.2) is 52.2 Å². The van der Waals surface area contributed by atoms with Gasteiger partial charge in [-0.25, -0.2) is 0 Å². The van der Waals surface area contributed by atoms with Crippen molar-refractivity contribution < 1.29 is 14.4 Å². The lowest BCUT2D eigenvalue weighted by molar-refractivity contribution is -0.121. The molecule has 2 aliphatic rings. The van der Waals surface area contributed by atoms with E-state index in [-0.39, 0.29) is 30.2 Å². The highest BCUT2D eigenvalue weighted by molar-refractivity contribution is 8.15. The van der Waals surface area contributed by atoms with Gasteiger partial charge in [0.25, 0.3) is 11.8 Å². The fraction of sp³-hybridized carbons (Fsp3) is 0.565. The molecule has 8 heteroatoms. The van der Waals surface area contributed by atoms with E-state index in [0.29, 0.717) is 22.3 Å². The zero-order valence-corrected chi connectivity index (χ0v) is 19.3. The third-order valence-electron chi connectivity index (χ3n) is 5.97. The van der Waals surface area contributed by atoms with Crippen LogP contribution in [-0.2, 0) is 9.59 Å². The Bertz CT molecular complexity index is 853. The van der Waals surface area contributed by atoms with Gasteiger partial charge in [-0.3, -0.25) is 14.4 Å². The minimum Gasteiger partial charge on any atom is -0.352 e. The first-order valence-corrected chi connectivity index (χ1v) is 12.0. The van der Waals surface area contributed by atoms with E-state index in [2.05, 4.69) is 22.5 Å². The van der Waals surface area contributed by atoms with Gasteiger partial charge in [0.05, 0.1) is 0 Å². The fourth-order valence-corrected chi connectivity index (χ4v) is 5.23. The summed E-state index contributed by atoms with van der Waals surface area (Å²) in [6.07, 6.45) is 4.56. The predicted molar refractivity (Wildman–Crippen MR) is 125 cm³/mol. The third-order valence-corrected chi connectivity index (χ3v) is 7.18. The van der Waals surface area contributed by atoms with Crippen LogP contribution < -0.4 is 10.6 Å². The molecule has 1 saturated carbocycles.